The van der Waals surface area contributed by atoms with E-state index in [2.05, 4.69) is 5.32 Å². The first-order chi connectivity index (χ1) is 16.2. The van der Waals surface area contributed by atoms with Gasteiger partial charge in [0, 0.05) is 6.54 Å². The lowest BCUT2D eigenvalue weighted by molar-refractivity contribution is -0.138. The smallest absolute Gasteiger partial charge is 0.246 e. The number of primary sulfonamides is 1. The zero-order valence-electron chi connectivity index (χ0n) is 19.5. The van der Waals surface area contributed by atoms with E-state index in [0.29, 0.717) is 50.6 Å². The van der Waals surface area contributed by atoms with Gasteiger partial charge in [-0.15, -0.1) is 0 Å². The lowest BCUT2D eigenvalue weighted by atomic mass is 10.1. The van der Waals surface area contributed by atoms with Crippen LogP contribution in [0.4, 0.5) is 0 Å². The zero-order valence-corrected chi connectivity index (χ0v) is 20.3. The first-order valence-electron chi connectivity index (χ1n) is 11.3. The Morgan fingerprint density at radius 3 is 2.26 bits per heavy atom. The van der Waals surface area contributed by atoms with Crippen LogP contribution < -0.4 is 19.9 Å². The Labute approximate surface area is 200 Å². The minimum atomic E-state index is -3.73. The molecule has 0 aromatic heterocycles. The molecule has 0 unspecified atom stereocenters. The van der Waals surface area contributed by atoms with E-state index in [4.69, 9.17) is 14.6 Å². The molecule has 3 rings (SSSR count). The number of ether oxygens (including phenoxy) is 2. The number of carbonyl (C=O) groups excluding carboxylic acids is 2. The number of imide groups is 1. The molecule has 0 radical (unpaired) electrons. The highest BCUT2D eigenvalue weighted by atomic mass is 32.2. The Kier molecular flexibility index (Phi) is 8.65. The van der Waals surface area contributed by atoms with Crippen molar-refractivity contribution in [3.8, 4) is 11.5 Å². The van der Waals surface area contributed by atoms with Gasteiger partial charge < -0.3 is 14.8 Å². The van der Waals surface area contributed by atoms with Gasteiger partial charge in [0.05, 0.1) is 30.6 Å². The van der Waals surface area contributed by atoms with Gasteiger partial charge in [-0.2, -0.15) is 0 Å². The number of carbonyl (C=O) groups is 2. The summed E-state index contributed by atoms with van der Waals surface area (Å²) in [6.45, 7) is 5.62. The molecule has 34 heavy (non-hydrogen) atoms. The van der Waals surface area contributed by atoms with Crippen molar-refractivity contribution in [2.24, 2.45) is 5.14 Å². The second-order valence-corrected chi connectivity index (χ2v) is 9.49. The number of hydrogen-bond acceptors (Lipinski definition) is 7. The molecular formula is C24H31N3O6S. The molecule has 1 fully saturated rings. The summed E-state index contributed by atoms with van der Waals surface area (Å²) in [6, 6.07) is 11.4. The van der Waals surface area contributed by atoms with E-state index in [1.54, 1.807) is 12.1 Å². The number of sulfonamides is 1. The fourth-order valence-electron chi connectivity index (χ4n) is 3.81. The van der Waals surface area contributed by atoms with Crippen molar-refractivity contribution >= 4 is 21.8 Å². The van der Waals surface area contributed by atoms with Crippen molar-refractivity contribution in [1.29, 1.82) is 0 Å². The highest BCUT2D eigenvalue weighted by Crippen LogP contribution is 2.29. The summed E-state index contributed by atoms with van der Waals surface area (Å²) < 4.78 is 33.9. The molecule has 1 saturated heterocycles. The maximum Gasteiger partial charge on any atom is 0.246 e. The van der Waals surface area contributed by atoms with E-state index in [0.717, 1.165) is 11.1 Å². The molecule has 184 valence electrons. The summed E-state index contributed by atoms with van der Waals surface area (Å²) in [5, 5.41) is 8.25. The highest BCUT2D eigenvalue weighted by molar-refractivity contribution is 7.89. The first-order valence-corrected chi connectivity index (χ1v) is 12.9. The quantitative estimate of drug-likeness (QED) is 0.434. The molecule has 0 saturated carbocycles. The molecule has 0 spiro atoms. The Bertz CT molecular complexity index is 1120. The van der Waals surface area contributed by atoms with Crippen molar-refractivity contribution in [2.75, 3.05) is 26.3 Å². The third kappa shape index (κ3) is 6.55. The van der Waals surface area contributed by atoms with Gasteiger partial charge in [0.25, 0.3) is 0 Å². The molecule has 1 aliphatic rings. The number of nitrogens with zero attached hydrogens (tertiary/aromatic N) is 1. The summed E-state index contributed by atoms with van der Waals surface area (Å²) in [6.07, 6.45) is 1.22. The summed E-state index contributed by atoms with van der Waals surface area (Å²) in [5.41, 5.74) is 1.85. The van der Waals surface area contributed by atoms with E-state index < -0.39 is 16.1 Å². The summed E-state index contributed by atoms with van der Waals surface area (Å²) >= 11 is 0. The summed E-state index contributed by atoms with van der Waals surface area (Å²) in [7, 11) is -3.73. The predicted molar refractivity (Wildman–Crippen MR) is 127 cm³/mol. The van der Waals surface area contributed by atoms with Crippen molar-refractivity contribution in [2.45, 2.75) is 44.0 Å². The van der Waals surface area contributed by atoms with Gasteiger partial charge in [-0.05, 0) is 68.6 Å². The number of nitrogens with two attached hydrogens (primary N) is 1. The number of amides is 2. The topological polar surface area (TPSA) is 128 Å². The summed E-state index contributed by atoms with van der Waals surface area (Å²) in [4.78, 5) is 26.6. The van der Waals surface area contributed by atoms with Crippen LogP contribution in [0.5, 0.6) is 11.5 Å². The fraction of sp³-hybridized carbons (Fsp3) is 0.417. The van der Waals surface area contributed by atoms with Gasteiger partial charge in [0.1, 0.15) is 0 Å². The molecular weight excluding hydrogens is 458 g/mol. The standard InChI is InChI=1S/C24H31N3O6S/c1-3-32-21-10-7-18(15-22(21)33-4-2)12-14-27-23(28)16-20(24(27)29)26-13-11-17-5-8-19(9-6-17)34(25,30)31/h5-10,15,20,26H,3-4,11-14,16H2,1-2H3,(H2,25,30,31)/t20-/m0/s1. The molecule has 0 bridgehead atoms. The second-order valence-electron chi connectivity index (χ2n) is 7.93. The van der Waals surface area contributed by atoms with E-state index in [-0.39, 0.29) is 23.1 Å². The predicted octanol–water partition coefficient (Wildman–Crippen LogP) is 1.63. The minimum Gasteiger partial charge on any atom is -0.490 e. The monoisotopic (exact) mass is 489 g/mol. The molecule has 1 atom stereocenters. The van der Waals surface area contributed by atoms with E-state index in [1.807, 2.05) is 32.0 Å². The van der Waals surface area contributed by atoms with E-state index in [9.17, 15) is 18.0 Å². The molecule has 2 aromatic carbocycles. The van der Waals surface area contributed by atoms with Crippen LogP contribution >= 0.6 is 0 Å². The van der Waals surface area contributed by atoms with Crippen LogP contribution in [0.2, 0.25) is 0 Å². The van der Waals surface area contributed by atoms with Crippen LogP contribution in [0.3, 0.4) is 0 Å². The molecule has 1 aliphatic heterocycles. The van der Waals surface area contributed by atoms with Crippen molar-refractivity contribution in [3.05, 3.63) is 53.6 Å². The third-order valence-corrected chi connectivity index (χ3v) is 6.46. The Morgan fingerprint density at radius 1 is 0.971 bits per heavy atom. The van der Waals surface area contributed by atoms with Crippen molar-refractivity contribution in [1.82, 2.24) is 10.2 Å². The first kappa shape index (κ1) is 25.7. The third-order valence-electron chi connectivity index (χ3n) is 5.53. The number of hydrogen-bond donors (Lipinski definition) is 2. The van der Waals surface area contributed by atoms with E-state index >= 15 is 0 Å². The SMILES string of the molecule is CCOc1ccc(CCN2C(=O)C[C@H](NCCc3ccc(S(N)(=O)=O)cc3)C2=O)cc1OCC. The summed E-state index contributed by atoms with van der Waals surface area (Å²) in [5.74, 6) is 0.893. The molecule has 0 aliphatic carbocycles. The largest absolute Gasteiger partial charge is 0.490 e. The average molecular weight is 490 g/mol. The van der Waals surface area contributed by atoms with Crippen LogP contribution in [0, 0.1) is 0 Å². The van der Waals surface area contributed by atoms with Gasteiger partial charge in [0.15, 0.2) is 11.5 Å². The van der Waals surface area contributed by atoms with Crippen LogP contribution in [0.1, 0.15) is 31.4 Å². The van der Waals surface area contributed by atoms with Crippen molar-refractivity contribution < 1.29 is 27.5 Å². The van der Waals surface area contributed by atoms with Crippen LogP contribution in [0.25, 0.3) is 0 Å². The minimum absolute atomic E-state index is 0.0531. The molecule has 1 heterocycles. The lowest BCUT2D eigenvalue weighted by Crippen LogP contribution is -2.40. The Hall–Kier alpha value is -2.95. The van der Waals surface area contributed by atoms with Gasteiger partial charge in [0.2, 0.25) is 21.8 Å². The van der Waals surface area contributed by atoms with Gasteiger partial charge in [-0.3, -0.25) is 14.5 Å². The Morgan fingerprint density at radius 2 is 1.62 bits per heavy atom. The number of likely N-dealkylation sites (tertiary alicyclic amines) is 1. The number of rotatable bonds is 12. The number of benzene rings is 2. The molecule has 2 amide bonds. The molecule has 2 aromatic rings. The van der Waals surface area contributed by atoms with Crippen LogP contribution in [-0.2, 0) is 32.5 Å². The molecule has 9 nitrogen and oxygen atoms in total. The molecule has 3 N–H and O–H groups in total. The van der Waals surface area contributed by atoms with Crippen LogP contribution in [0.15, 0.2) is 47.4 Å². The lowest BCUT2D eigenvalue weighted by Gasteiger charge is -2.17. The molecule has 10 heteroatoms. The fourth-order valence-corrected chi connectivity index (χ4v) is 4.32. The van der Waals surface area contributed by atoms with Gasteiger partial charge in [-0.25, -0.2) is 13.6 Å². The maximum atomic E-state index is 12.8. The van der Waals surface area contributed by atoms with Gasteiger partial charge in [-0.1, -0.05) is 18.2 Å². The average Bonchev–Trinajstić information content (AvgIpc) is 3.06. The van der Waals surface area contributed by atoms with E-state index in [1.165, 1.54) is 17.0 Å². The highest BCUT2D eigenvalue weighted by Gasteiger charge is 2.37. The van der Waals surface area contributed by atoms with Gasteiger partial charge >= 0.3 is 0 Å². The Balaban J connectivity index is 1.52. The van der Waals surface area contributed by atoms with Crippen LogP contribution in [-0.4, -0.2) is 57.5 Å². The second kappa shape index (κ2) is 11.5. The number of nitrogens with one attached hydrogen (secondary N) is 1. The maximum absolute atomic E-state index is 12.8. The zero-order chi connectivity index (χ0) is 24.7. The van der Waals surface area contributed by atoms with Crippen molar-refractivity contribution in [3.63, 3.8) is 0 Å². The normalized spacial score (nSPS) is 16.2.